The molecule has 0 spiro atoms. The van der Waals surface area contributed by atoms with Crippen LogP contribution in [0.1, 0.15) is 44.5 Å². The van der Waals surface area contributed by atoms with Crippen LogP contribution in [0, 0.1) is 5.92 Å². The summed E-state index contributed by atoms with van der Waals surface area (Å²) in [5.41, 5.74) is 3.43. The number of allylic oxidation sites excluding steroid dienone is 2. The van der Waals surface area contributed by atoms with E-state index < -0.39 is 0 Å². The summed E-state index contributed by atoms with van der Waals surface area (Å²) < 4.78 is 5.07. The monoisotopic (exact) mass is 259 g/mol. The zero-order valence-corrected chi connectivity index (χ0v) is 11.7. The molecule has 0 unspecified atom stereocenters. The lowest BCUT2D eigenvalue weighted by molar-refractivity contribution is -0.148. The summed E-state index contributed by atoms with van der Waals surface area (Å²) in [4.78, 5) is 16.3. The van der Waals surface area contributed by atoms with E-state index in [-0.39, 0.29) is 11.9 Å². The minimum absolute atomic E-state index is 0.0260. The smallest absolute Gasteiger partial charge is 0.309 e. The number of hydrogen-bond donors (Lipinski definition) is 0. The van der Waals surface area contributed by atoms with Gasteiger partial charge in [0.2, 0.25) is 0 Å². The Bertz CT molecular complexity index is 479. The van der Waals surface area contributed by atoms with E-state index in [0.717, 1.165) is 37.1 Å². The van der Waals surface area contributed by atoms with Gasteiger partial charge in [-0.05, 0) is 50.3 Å². The molecular weight excluding hydrogens is 238 g/mol. The fraction of sp³-hybridized carbons (Fsp3) is 0.500. The van der Waals surface area contributed by atoms with Gasteiger partial charge in [0.25, 0.3) is 0 Å². The third-order valence-corrected chi connectivity index (χ3v) is 3.53. The van der Waals surface area contributed by atoms with Crippen LogP contribution in [-0.2, 0) is 16.0 Å². The molecule has 0 amide bonds. The predicted octanol–water partition coefficient (Wildman–Crippen LogP) is 3.39. The van der Waals surface area contributed by atoms with Gasteiger partial charge in [0.15, 0.2) is 0 Å². The highest BCUT2D eigenvalue weighted by molar-refractivity contribution is 5.75. The topological polar surface area (TPSA) is 39.2 Å². The maximum Gasteiger partial charge on any atom is 0.309 e. The molecular formula is C16H21NO2. The van der Waals surface area contributed by atoms with Crippen LogP contribution in [0.5, 0.6) is 0 Å². The first-order valence-electron chi connectivity index (χ1n) is 7.06. The number of aryl methyl sites for hydroxylation is 1. The number of hydrogen-bond acceptors (Lipinski definition) is 3. The summed E-state index contributed by atoms with van der Waals surface area (Å²) in [5.74, 6) is -0.0360. The average Bonchev–Trinajstić information content (AvgIpc) is 2.48. The fourth-order valence-electron chi connectivity index (χ4n) is 2.40. The van der Waals surface area contributed by atoms with Crippen molar-refractivity contribution in [1.82, 2.24) is 4.98 Å². The van der Waals surface area contributed by atoms with Crippen LogP contribution in [0.15, 0.2) is 24.3 Å². The Kier molecular flexibility index (Phi) is 4.72. The quantitative estimate of drug-likeness (QED) is 0.778. The Balaban J connectivity index is 2.05. The summed E-state index contributed by atoms with van der Waals surface area (Å²) >= 11 is 0. The van der Waals surface area contributed by atoms with Crippen LogP contribution in [0.3, 0.4) is 0 Å². The largest absolute Gasteiger partial charge is 0.466 e. The maximum absolute atomic E-state index is 11.7. The molecule has 0 radical (unpaired) electrons. The molecule has 1 aliphatic carbocycles. The second-order valence-electron chi connectivity index (χ2n) is 4.82. The molecule has 102 valence electrons. The van der Waals surface area contributed by atoms with E-state index >= 15 is 0 Å². The van der Waals surface area contributed by atoms with Crippen molar-refractivity contribution in [2.75, 3.05) is 6.61 Å². The van der Waals surface area contributed by atoms with Gasteiger partial charge < -0.3 is 4.74 Å². The van der Waals surface area contributed by atoms with Crippen molar-refractivity contribution in [3.05, 3.63) is 35.7 Å². The third-order valence-electron chi connectivity index (χ3n) is 3.53. The summed E-state index contributed by atoms with van der Waals surface area (Å²) in [7, 11) is 0. The molecule has 0 N–H and O–H groups in total. The summed E-state index contributed by atoms with van der Waals surface area (Å²) in [6.07, 6.45) is 5.64. The van der Waals surface area contributed by atoms with Crippen LogP contribution < -0.4 is 0 Å². The molecule has 0 aromatic carbocycles. The van der Waals surface area contributed by atoms with Crippen LogP contribution >= 0.6 is 0 Å². The van der Waals surface area contributed by atoms with Crippen molar-refractivity contribution in [2.24, 2.45) is 5.92 Å². The molecule has 1 heterocycles. The van der Waals surface area contributed by atoms with Gasteiger partial charge in [-0.1, -0.05) is 19.1 Å². The first-order valence-corrected chi connectivity index (χ1v) is 7.06. The number of carbonyl (C=O) groups excluding carboxylic acids is 1. The number of rotatable bonds is 4. The molecule has 0 bridgehead atoms. The molecule has 1 aromatic heterocycles. The first kappa shape index (κ1) is 13.8. The second-order valence-corrected chi connectivity index (χ2v) is 4.82. The van der Waals surface area contributed by atoms with E-state index in [0.29, 0.717) is 6.61 Å². The summed E-state index contributed by atoms with van der Waals surface area (Å²) in [5, 5.41) is 0. The van der Waals surface area contributed by atoms with Gasteiger partial charge >= 0.3 is 5.97 Å². The van der Waals surface area contributed by atoms with E-state index in [9.17, 15) is 4.79 Å². The lowest BCUT2D eigenvalue weighted by Gasteiger charge is -2.20. The Morgan fingerprint density at radius 3 is 2.89 bits per heavy atom. The van der Waals surface area contributed by atoms with Gasteiger partial charge in [0, 0.05) is 5.69 Å². The van der Waals surface area contributed by atoms with Crippen LogP contribution in [-0.4, -0.2) is 17.6 Å². The standard InChI is InChI=1S/C16H21NO2/c1-3-14-6-5-7-15(17-14)12-8-10-13(11-9-12)16(18)19-4-2/h5-8,13H,3-4,9-11H2,1-2H3/t13-/m1/s1. The van der Waals surface area contributed by atoms with E-state index in [1.165, 1.54) is 5.57 Å². The molecule has 0 saturated carbocycles. The molecule has 0 saturated heterocycles. The van der Waals surface area contributed by atoms with Gasteiger partial charge in [-0.15, -0.1) is 0 Å². The Labute approximate surface area is 114 Å². The van der Waals surface area contributed by atoms with Gasteiger partial charge in [-0.2, -0.15) is 0 Å². The molecule has 1 atom stereocenters. The van der Waals surface area contributed by atoms with Crippen LogP contribution in [0.4, 0.5) is 0 Å². The molecule has 0 fully saturated rings. The van der Waals surface area contributed by atoms with E-state index in [2.05, 4.69) is 30.1 Å². The first-order chi connectivity index (χ1) is 9.24. The number of ether oxygens (including phenoxy) is 1. The molecule has 1 aliphatic rings. The average molecular weight is 259 g/mol. The SMILES string of the molecule is CCOC(=O)[C@@H]1CC=C(c2cccc(CC)n2)CC1. The van der Waals surface area contributed by atoms with E-state index in [4.69, 9.17) is 4.74 Å². The molecule has 3 nitrogen and oxygen atoms in total. The van der Waals surface area contributed by atoms with Crippen molar-refractivity contribution in [3.63, 3.8) is 0 Å². The van der Waals surface area contributed by atoms with Crippen molar-refractivity contribution in [3.8, 4) is 0 Å². The Morgan fingerprint density at radius 2 is 2.26 bits per heavy atom. The van der Waals surface area contributed by atoms with E-state index in [1.807, 2.05) is 13.0 Å². The molecule has 0 aliphatic heterocycles. The fourth-order valence-corrected chi connectivity index (χ4v) is 2.40. The lowest BCUT2D eigenvalue weighted by Crippen LogP contribution is -2.19. The number of aromatic nitrogens is 1. The van der Waals surface area contributed by atoms with Crippen LogP contribution in [0.2, 0.25) is 0 Å². The molecule has 3 heteroatoms. The zero-order chi connectivity index (χ0) is 13.7. The minimum Gasteiger partial charge on any atom is -0.466 e. The highest BCUT2D eigenvalue weighted by Gasteiger charge is 2.23. The minimum atomic E-state index is -0.0620. The Morgan fingerprint density at radius 1 is 1.42 bits per heavy atom. The molecule has 19 heavy (non-hydrogen) atoms. The number of nitrogens with zero attached hydrogens (tertiary/aromatic N) is 1. The second kappa shape index (κ2) is 6.50. The van der Waals surface area contributed by atoms with E-state index in [1.54, 1.807) is 0 Å². The number of carbonyl (C=O) groups is 1. The predicted molar refractivity (Wildman–Crippen MR) is 75.6 cm³/mol. The summed E-state index contributed by atoms with van der Waals surface area (Å²) in [6.45, 7) is 4.42. The van der Waals surface area contributed by atoms with Crippen molar-refractivity contribution < 1.29 is 9.53 Å². The zero-order valence-electron chi connectivity index (χ0n) is 11.7. The van der Waals surface area contributed by atoms with Gasteiger partial charge in [-0.25, -0.2) is 0 Å². The van der Waals surface area contributed by atoms with Gasteiger partial charge in [-0.3, -0.25) is 9.78 Å². The van der Waals surface area contributed by atoms with Crippen LogP contribution in [0.25, 0.3) is 5.57 Å². The molecule has 2 rings (SSSR count). The highest BCUT2D eigenvalue weighted by atomic mass is 16.5. The third kappa shape index (κ3) is 3.43. The lowest BCUT2D eigenvalue weighted by atomic mass is 9.88. The normalized spacial score (nSPS) is 18.8. The van der Waals surface area contributed by atoms with Crippen molar-refractivity contribution in [2.45, 2.75) is 39.5 Å². The highest BCUT2D eigenvalue weighted by Crippen LogP contribution is 2.30. The summed E-state index contributed by atoms with van der Waals surface area (Å²) in [6, 6.07) is 6.16. The van der Waals surface area contributed by atoms with Crippen molar-refractivity contribution >= 4 is 11.5 Å². The molecule has 1 aromatic rings. The maximum atomic E-state index is 11.7. The van der Waals surface area contributed by atoms with Gasteiger partial charge in [0.05, 0.1) is 18.2 Å². The van der Waals surface area contributed by atoms with Gasteiger partial charge in [0.1, 0.15) is 0 Å². The number of esters is 1. The Hall–Kier alpha value is -1.64. The number of pyridine rings is 1. The van der Waals surface area contributed by atoms with Crippen molar-refractivity contribution in [1.29, 1.82) is 0 Å².